The lowest BCUT2D eigenvalue weighted by Crippen LogP contribution is -2.32. The summed E-state index contributed by atoms with van der Waals surface area (Å²) in [7, 11) is -1.75. The first-order valence-electron chi connectivity index (χ1n) is 8.32. The van der Waals surface area contributed by atoms with E-state index in [0.717, 1.165) is 28.8 Å². The lowest BCUT2D eigenvalue weighted by molar-refractivity contribution is 0.391. The second-order valence-electron chi connectivity index (χ2n) is 5.81. The van der Waals surface area contributed by atoms with E-state index in [-0.39, 0.29) is 12.4 Å². The Balaban J connectivity index is 2.15. The van der Waals surface area contributed by atoms with Gasteiger partial charge in [0.05, 0.1) is 20.8 Å². The van der Waals surface area contributed by atoms with Gasteiger partial charge in [0.1, 0.15) is 35.3 Å². The molecule has 0 N–H and O–H groups in total. The van der Waals surface area contributed by atoms with Crippen molar-refractivity contribution >= 4 is 15.8 Å². The minimum Gasteiger partial charge on any atom is -0.497 e. The first-order chi connectivity index (χ1) is 13.9. The number of hydrogen-bond acceptors (Lipinski definition) is 6. The first-order valence-corrected chi connectivity index (χ1v) is 9.76. The highest BCUT2D eigenvalue weighted by atomic mass is 32.2. The van der Waals surface area contributed by atoms with Crippen LogP contribution < -0.4 is 13.8 Å². The fraction of sp³-hybridized carbons (Fsp3) is 0.158. The molecule has 0 saturated carbocycles. The molecule has 0 amide bonds. The normalized spacial score (nSPS) is 11.2. The van der Waals surface area contributed by atoms with Crippen LogP contribution in [0.25, 0.3) is 0 Å². The zero-order valence-electron chi connectivity index (χ0n) is 15.5. The Hall–Kier alpha value is -3.27. The fourth-order valence-electron chi connectivity index (χ4n) is 2.70. The van der Waals surface area contributed by atoms with Gasteiger partial charge in [-0.3, -0.25) is 0 Å². The predicted octanol–water partition coefficient (Wildman–Crippen LogP) is 3.17. The van der Waals surface area contributed by atoms with E-state index >= 15 is 0 Å². The van der Waals surface area contributed by atoms with Gasteiger partial charge in [0.25, 0.3) is 10.0 Å². The van der Waals surface area contributed by atoms with Gasteiger partial charge in [0, 0.05) is 23.9 Å². The minimum atomic E-state index is -4.65. The quantitative estimate of drug-likeness (QED) is 0.583. The summed E-state index contributed by atoms with van der Waals surface area (Å²) in [6.45, 7) is -0.291. The Morgan fingerprint density at radius 2 is 1.76 bits per heavy atom. The summed E-state index contributed by atoms with van der Waals surface area (Å²) in [5.41, 5.74) is 0.437. The standard InChI is InChI=1S/C19H17F2N3O4S/c1-27-14-7-6-13(17(10-14)28-2)11-24(18-8-9-22-12-23-18)29(25,26)19-15(20)4-3-5-16(19)21/h3-10,12H,11H2,1-2H3. The minimum absolute atomic E-state index is 0.0551. The predicted molar refractivity (Wildman–Crippen MR) is 101 cm³/mol. The Bertz CT molecular complexity index is 1090. The van der Waals surface area contributed by atoms with Crippen molar-refractivity contribution < 1.29 is 26.7 Å². The van der Waals surface area contributed by atoms with Crippen molar-refractivity contribution in [3.05, 3.63) is 72.2 Å². The summed E-state index contributed by atoms with van der Waals surface area (Å²) < 4.78 is 66.3. The van der Waals surface area contributed by atoms with Crippen molar-refractivity contribution in [1.29, 1.82) is 0 Å². The highest BCUT2D eigenvalue weighted by Crippen LogP contribution is 2.31. The van der Waals surface area contributed by atoms with E-state index < -0.39 is 26.6 Å². The van der Waals surface area contributed by atoms with Crippen LogP contribution in [0.15, 0.2) is 59.9 Å². The second-order valence-corrected chi connectivity index (χ2v) is 7.61. The molecule has 3 aromatic rings. The van der Waals surface area contributed by atoms with Crippen LogP contribution in [0, 0.1) is 11.6 Å². The number of rotatable bonds is 7. The molecule has 0 aliphatic carbocycles. The molecule has 0 spiro atoms. The van der Waals surface area contributed by atoms with Gasteiger partial charge in [0.2, 0.25) is 0 Å². The van der Waals surface area contributed by atoms with Gasteiger partial charge < -0.3 is 9.47 Å². The Labute approximate surface area is 166 Å². The van der Waals surface area contributed by atoms with Crippen LogP contribution in [0.4, 0.5) is 14.6 Å². The summed E-state index contributed by atoms with van der Waals surface area (Å²) >= 11 is 0. The van der Waals surface area contributed by atoms with Crippen LogP contribution in [-0.2, 0) is 16.6 Å². The smallest absolute Gasteiger partial charge is 0.271 e. The molecule has 0 saturated heterocycles. The van der Waals surface area contributed by atoms with Crippen molar-refractivity contribution in [3.63, 3.8) is 0 Å². The molecule has 0 aliphatic rings. The third kappa shape index (κ3) is 4.11. The van der Waals surface area contributed by atoms with Gasteiger partial charge in [-0.25, -0.2) is 31.5 Å². The number of benzene rings is 2. The number of hydrogen-bond donors (Lipinski definition) is 0. The van der Waals surface area contributed by atoms with Crippen LogP contribution in [0.1, 0.15) is 5.56 Å². The SMILES string of the molecule is COc1ccc(CN(c2ccncn2)S(=O)(=O)c2c(F)cccc2F)c(OC)c1. The van der Waals surface area contributed by atoms with Crippen LogP contribution in [-0.4, -0.2) is 32.6 Å². The Kier molecular flexibility index (Phi) is 5.92. The molecule has 7 nitrogen and oxygen atoms in total. The fourth-order valence-corrected chi connectivity index (χ4v) is 4.21. The molecule has 0 bridgehead atoms. The van der Waals surface area contributed by atoms with Crippen molar-refractivity contribution in [1.82, 2.24) is 9.97 Å². The molecule has 0 unspecified atom stereocenters. The molecule has 0 radical (unpaired) electrons. The molecule has 1 heterocycles. The van der Waals surface area contributed by atoms with Crippen molar-refractivity contribution in [2.24, 2.45) is 0 Å². The topological polar surface area (TPSA) is 81.6 Å². The van der Waals surface area contributed by atoms with Crippen LogP contribution in [0.2, 0.25) is 0 Å². The van der Waals surface area contributed by atoms with Crippen molar-refractivity contribution in [3.8, 4) is 11.5 Å². The molecule has 0 fully saturated rings. The average Bonchev–Trinajstić information content (AvgIpc) is 2.72. The van der Waals surface area contributed by atoms with Crippen molar-refractivity contribution in [2.45, 2.75) is 11.4 Å². The Morgan fingerprint density at radius 3 is 2.34 bits per heavy atom. The van der Waals surface area contributed by atoms with Gasteiger partial charge in [-0.1, -0.05) is 6.07 Å². The molecule has 0 atom stereocenters. The number of sulfonamides is 1. The van der Waals surface area contributed by atoms with Gasteiger partial charge in [0.15, 0.2) is 4.90 Å². The molecular weight excluding hydrogens is 404 g/mol. The van der Waals surface area contributed by atoms with Crippen LogP contribution >= 0.6 is 0 Å². The second kappa shape index (κ2) is 8.39. The largest absolute Gasteiger partial charge is 0.497 e. The maximum absolute atomic E-state index is 14.3. The molecule has 10 heteroatoms. The maximum atomic E-state index is 14.3. The summed E-state index contributed by atoms with van der Waals surface area (Å²) in [6, 6.07) is 8.96. The van der Waals surface area contributed by atoms with E-state index in [1.165, 1.54) is 26.5 Å². The molecule has 152 valence electrons. The first kappa shape index (κ1) is 20.5. The third-order valence-electron chi connectivity index (χ3n) is 4.10. The van der Waals surface area contributed by atoms with Crippen LogP contribution in [0.3, 0.4) is 0 Å². The number of anilines is 1. The lowest BCUT2D eigenvalue weighted by Gasteiger charge is -2.24. The van der Waals surface area contributed by atoms with Crippen LogP contribution in [0.5, 0.6) is 11.5 Å². The highest BCUT2D eigenvalue weighted by molar-refractivity contribution is 7.92. The summed E-state index contributed by atoms with van der Waals surface area (Å²) in [5.74, 6) is -1.62. The lowest BCUT2D eigenvalue weighted by atomic mass is 10.2. The highest BCUT2D eigenvalue weighted by Gasteiger charge is 2.32. The number of methoxy groups -OCH3 is 2. The zero-order valence-corrected chi connectivity index (χ0v) is 16.4. The summed E-state index contributed by atoms with van der Waals surface area (Å²) in [4.78, 5) is 6.64. The van der Waals surface area contributed by atoms with Crippen molar-refractivity contribution in [2.75, 3.05) is 18.5 Å². The molecule has 2 aromatic carbocycles. The molecule has 3 rings (SSSR count). The van der Waals surface area contributed by atoms with E-state index in [0.29, 0.717) is 17.1 Å². The monoisotopic (exact) mass is 421 g/mol. The van der Waals surface area contributed by atoms with E-state index in [1.807, 2.05) is 0 Å². The molecular formula is C19H17F2N3O4S. The van der Waals surface area contributed by atoms with E-state index in [4.69, 9.17) is 9.47 Å². The number of aromatic nitrogens is 2. The van der Waals surface area contributed by atoms with E-state index in [1.54, 1.807) is 18.2 Å². The van der Waals surface area contributed by atoms with Gasteiger partial charge >= 0.3 is 0 Å². The number of nitrogens with zero attached hydrogens (tertiary/aromatic N) is 3. The van der Waals surface area contributed by atoms with Gasteiger partial charge in [-0.05, 0) is 24.3 Å². The molecule has 1 aromatic heterocycles. The summed E-state index contributed by atoms with van der Waals surface area (Å²) in [5, 5.41) is 0. The van der Waals surface area contributed by atoms with Gasteiger partial charge in [-0.15, -0.1) is 0 Å². The molecule has 29 heavy (non-hydrogen) atoms. The van der Waals surface area contributed by atoms with E-state index in [2.05, 4.69) is 9.97 Å². The third-order valence-corrected chi connectivity index (χ3v) is 5.90. The van der Waals surface area contributed by atoms with Gasteiger partial charge in [-0.2, -0.15) is 0 Å². The van der Waals surface area contributed by atoms with E-state index in [9.17, 15) is 17.2 Å². The maximum Gasteiger partial charge on any atom is 0.271 e. The molecule has 0 aliphatic heterocycles. The Morgan fingerprint density at radius 1 is 1.03 bits per heavy atom. The average molecular weight is 421 g/mol. The number of ether oxygens (including phenoxy) is 2. The number of halogens is 2. The zero-order chi connectivity index (χ0) is 21.0. The summed E-state index contributed by atoms with van der Waals surface area (Å²) in [6.07, 6.45) is 2.47.